The lowest BCUT2D eigenvalue weighted by Gasteiger charge is -2.34. The lowest BCUT2D eigenvalue weighted by Crippen LogP contribution is -2.40. The Labute approximate surface area is 122 Å². The van der Waals surface area contributed by atoms with Crippen LogP contribution < -0.4 is 5.32 Å². The molecule has 1 heterocycles. The normalized spacial score (nSPS) is 30.4. The Morgan fingerprint density at radius 1 is 1.33 bits per heavy atom. The molecular weight excluding hydrogens is 306 g/mol. The maximum Gasteiger partial charge on any atom is 0.0704 e. The van der Waals surface area contributed by atoms with E-state index in [1.54, 1.807) is 10.4 Å². The summed E-state index contributed by atoms with van der Waals surface area (Å²) in [5.74, 6) is 0. The number of hydrogen-bond acceptors (Lipinski definition) is 2. The van der Waals surface area contributed by atoms with Crippen molar-refractivity contribution in [2.75, 3.05) is 0 Å². The number of nitrogens with one attached hydrogen (secondary N) is 1. The van der Waals surface area contributed by atoms with Gasteiger partial charge in [0.25, 0.3) is 0 Å². The molecule has 2 atom stereocenters. The van der Waals surface area contributed by atoms with E-state index in [2.05, 4.69) is 41.2 Å². The molecule has 0 aromatic carbocycles. The monoisotopic (exact) mass is 327 g/mol. The number of halogens is 1. The lowest BCUT2D eigenvalue weighted by molar-refractivity contribution is 0.253. The molecule has 0 saturated heterocycles. The van der Waals surface area contributed by atoms with Crippen molar-refractivity contribution in [1.82, 2.24) is 5.32 Å². The van der Waals surface area contributed by atoms with Gasteiger partial charge in [0.05, 0.1) is 3.79 Å². The second-order valence-corrected chi connectivity index (χ2v) is 8.99. The van der Waals surface area contributed by atoms with Gasteiger partial charge in [0.1, 0.15) is 0 Å². The third-order valence-electron chi connectivity index (χ3n) is 4.74. The number of thiophene rings is 1. The molecule has 1 aromatic heterocycles. The van der Waals surface area contributed by atoms with E-state index in [4.69, 9.17) is 0 Å². The predicted molar refractivity (Wildman–Crippen MR) is 82.3 cm³/mol. The molecule has 2 aliphatic rings. The van der Waals surface area contributed by atoms with Crippen molar-refractivity contribution in [3.8, 4) is 0 Å². The van der Waals surface area contributed by atoms with Crippen molar-refractivity contribution < 1.29 is 0 Å². The number of aryl methyl sites for hydroxylation is 1. The first-order valence-corrected chi connectivity index (χ1v) is 8.71. The Balaban J connectivity index is 1.78. The highest BCUT2D eigenvalue weighted by Gasteiger charge is 2.36. The lowest BCUT2D eigenvalue weighted by atomic mass is 9.85. The van der Waals surface area contributed by atoms with Gasteiger partial charge in [0.15, 0.2) is 0 Å². The van der Waals surface area contributed by atoms with E-state index < -0.39 is 0 Å². The van der Waals surface area contributed by atoms with Crippen LogP contribution in [0.1, 0.15) is 62.4 Å². The summed E-state index contributed by atoms with van der Waals surface area (Å²) in [7, 11) is 0. The van der Waals surface area contributed by atoms with Crippen LogP contribution in [0.2, 0.25) is 0 Å². The van der Waals surface area contributed by atoms with Crippen molar-refractivity contribution in [3.63, 3.8) is 0 Å². The summed E-state index contributed by atoms with van der Waals surface area (Å²) in [6.07, 6.45) is 8.03. The molecule has 0 aliphatic heterocycles. The Morgan fingerprint density at radius 2 is 2.17 bits per heavy atom. The Bertz CT molecular complexity index is 438. The summed E-state index contributed by atoms with van der Waals surface area (Å²) in [6.45, 7) is 4.84. The fraction of sp³-hybridized carbons (Fsp3) is 0.733. The summed E-state index contributed by atoms with van der Waals surface area (Å²) in [6, 6.07) is 3.64. The van der Waals surface area contributed by atoms with Gasteiger partial charge in [-0.15, -0.1) is 11.3 Å². The first-order chi connectivity index (χ1) is 8.56. The topological polar surface area (TPSA) is 12.0 Å². The maximum absolute atomic E-state index is 3.96. The van der Waals surface area contributed by atoms with Gasteiger partial charge in [-0.25, -0.2) is 0 Å². The highest BCUT2D eigenvalue weighted by atomic mass is 79.9. The van der Waals surface area contributed by atoms with E-state index in [9.17, 15) is 0 Å². The molecule has 1 nitrogen and oxygen atoms in total. The van der Waals surface area contributed by atoms with Crippen LogP contribution in [0.3, 0.4) is 0 Å². The van der Waals surface area contributed by atoms with Gasteiger partial charge in [0, 0.05) is 17.0 Å². The Morgan fingerprint density at radius 3 is 2.89 bits per heavy atom. The summed E-state index contributed by atoms with van der Waals surface area (Å²) < 4.78 is 1.30. The van der Waals surface area contributed by atoms with Crippen LogP contribution in [0, 0.1) is 5.41 Å². The molecule has 3 rings (SSSR count). The first-order valence-electron chi connectivity index (χ1n) is 7.10. The van der Waals surface area contributed by atoms with E-state index >= 15 is 0 Å². The molecular formula is C15H22BrNS. The minimum atomic E-state index is 0.477. The average molecular weight is 328 g/mol. The number of rotatable bonds is 2. The summed E-state index contributed by atoms with van der Waals surface area (Å²) >= 11 is 5.57. The fourth-order valence-electron chi connectivity index (χ4n) is 3.57. The smallest absolute Gasteiger partial charge is 0.0704 e. The van der Waals surface area contributed by atoms with Gasteiger partial charge >= 0.3 is 0 Å². The SMILES string of the molecule is CC1(C)CCCC1NC1CCCc2sc(Br)cc21. The molecule has 2 unspecified atom stereocenters. The third kappa shape index (κ3) is 2.41. The summed E-state index contributed by atoms with van der Waals surface area (Å²) in [4.78, 5) is 1.60. The third-order valence-corrected chi connectivity index (χ3v) is 6.46. The van der Waals surface area contributed by atoms with E-state index in [-0.39, 0.29) is 0 Å². The predicted octanol–water partition coefficient (Wildman–Crippen LogP) is 5.06. The van der Waals surface area contributed by atoms with Crippen LogP contribution >= 0.6 is 27.3 Å². The van der Waals surface area contributed by atoms with Crippen LogP contribution in [0.15, 0.2) is 9.85 Å². The molecule has 100 valence electrons. The minimum absolute atomic E-state index is 0.477. The number of hydrogen-bond donors (Lipinski definition) is 1. The number of fused-ring (bicyclic) bond motifs is 1. The standard InChI is InChI=1S/C15H22BrNS/c1-15(2)8-4-7-13(15)17-11-5-3-6-12-10(11)9-14(16)18-12/h9,11,13,17H,3-8H2,1-2H3. The van der Waals surface area contributed by atoms with Crippen molar-refractivity contribution in [3.05, 3.63) is 20.3 Å². The second kappa shape index (κ2) is 4.92. The van der Waals surface area contributed by atoms with Gasteiger partial charge < -0.3 is 5.32 Å². The van der Waals surface area contributed by atoms with Crippen molar-refractivity contribution in [2.45, 2.75) is 64.5 Å². The zero-order valence-corrected chi connectivity index (χ0v) is 13.7. The van der Waals surface area contributed by atoms with E-state index in [0.29, 0.717) is 17.5 Å². The molecule has 0 amide bonds. The van der Waals surface area contributed by atoms with Crippen LogP contribution in [0.4, 0.5) is 0 Å². The van der Waals surface area contributed by atoms with Gasteiger partial charge in [0.2, 0.25) is 0 Å². The van der Waals surface area contributed by atoms with E-state index in [0.717, 1.165) is 0 Å². The highest BCUT2D eigenvalue weighted by molar-refractivity contribution is 9.11. The summed E-state index contributed by atoms with van der Waals surface area (Å²) in [5, 5.41) is 3.96. The van der Waals surface area contributed by atoms with Gasteiger partial charge in [-0.1, -0.05) is 20.3 Å². The van der Waals surface area contributed by atoms with Crippen LogP contribution in [0.5, 0.6) is 0 Å². The molecule has 0 radical (unpaired) electrons. The van der Waals surface area contributed by atoms with Gasteiger partial charge in [-0.2, -0.15) is 0 Å². The molecule has 3 heteroatoms. The first kappa shape index (κ1) is 13.1. The average Bonchev–Trinajstić information content (AvgIpc) is 2.82. The fourth-order valence-corrected chi connectivity index (χ4v) is 5.39. The molecule has 1 saturated carbocycles. The second-order valence-electron chi connectivity index (χ2n) is 6.47. The Hall–Kier alpha value is 0.140. The molecule has 18 heavy (non-hydrogen) atoms. The van der Waals surface area contributed by atoms with Crippen molar-refractivity contribution >= 4 is 27.3 Å². The van der Waals surface area contributed by atoms with Gasteiger partial charge in [-0.05, 0) is 65.1 Å². The molecule has 2 aliphatic carbocycles. The molecule has 0 spiro atoms. The van der Waals surface area contributed by atoms with Crippen LogP contribution in [0.25, 0.3) is 0 Å². The van der Waals surface area contributed by atoms with E-state index in [1.165, 1.54) is 42.3 Å². The Kier molecular flexibility index (Phi) is 3.59. The minimum Gasteiger partial charge on any atom is -0.307 e. The molecule has 1 aromatic rings. The quantitative estimate of drug-likeness (QED) is 0.800. The molecule has 1 fully saturated rings. The maximum atomic E-state index is 3.96. The van der Waals surface area contributed by atoms with Crippen LogP contribution in [-0.4, -0.2) is 6.04 Å². The zero-order chi connectivity index (χ0) is 12.8. The summed E-state index contributed by atoms with van der Waals surface area (Å²) in [5.41, 5.74) is 2.05. The van der Waals surface area contributed by atoms with Gasteiger partial charge in [-0.3, -0.25) is 0 Å². The zero-order valence-electron chi connectivity index (χ0n) is 11.3. The molecule has 1 N–H and O–H groups in total. The highest BCUT2D eigenvalue weighted by Crippen LogP contribution is 2.42. The van der Waals surface area contributed by atoms with E-state index in [1.807, 2.05) is 11.3 Å². The largest absolute Gasteiger partial charge is 0.307 e. The van der Waals surface area contributed by atoms with Crippen LogP contribution in [-0.2, 0) is 6.42 Å². The van der Waals surface area contributed by atoms with Crippen molar-refractivity contribution in [1.29, 1.82) is 0 Å². The molecule has 0 bridgehead atoms. The van der Waals surface area contributed by atoms with Crippen molar-refractivity contribution in [2.24, 2.45) is 5.41 Å².